The highest BCUT2D eigenvalue weighted by Gasteiger charge is 2.34. The first-order valence-electron chi connectivity index (χ1n) is 9.91. The number of nitrogens with zero attached hydrogens (tertiary/aromatic N) is 3. The minimum atomic E-state index is -0.193. The van der Waals surface area contributed by atoms with E-state index in [0.29, 0.717) is 22.3 Å². The molecule has 0 radical (unpaired) electrons. The Morgan fingerprint density at radius 3 is 2.37 bits per heavy atom. The molecule has 0 bridgehead atoms. The second-order valence-corrected chi connectivity index (χ2v) is 9.06. The van der Waals surface area contributed by atoms with Crippen molar-refractivity contribution in [3.05, 3.63) is 70.6 Å². The Hall–Kier alpha value is -2.64. The number of carbonyl (C=O) groups excluding carboxylic acids is 2. The highest BCUT2D eigenvalue weighted by atomic mass is 32.2. The molecule has 2 fully saturated rings. The smallest absolute Gasteiger partial charge is 0.266 e. The van der Waals surface area contributed by atoms with Crippen LogP contribution >= 0.6 is 24.0 Å². The Bertz CT molecular complexity index is 981. The van der Waals surface area contributed by atoms with Gasteiger partial charge in [0.1, 0.15) is 10.9 Å². The summed E-state index contributed by atoms with van der Waals surface area (Å²) in [6.45, 7) is 4.86. The van der Waals surface area contributed by atoms with Gasteiger partial charge in [-0.15, -0.1) is 0 Å². The van der Waals surface area contributed by atoms with Gasteiger partial charge in [0.05, 0.1) is 4.91 Å². The van der Waals surface area contributed by atoms with Gasteiger partial charge in [-0.25, -0.2) is 0 Å². The Kier molecular flexibility index (Phi) is 6.20. The monoisotopic (exact) mass is 437 g/mol. The molecular formula is C23H23N3O2S2. The van der Waals surface area contributed by atoms with Gasteiger partial charge in [-0.3, -0.25) is 14.5 Å². The van der Waals surface area contributed by atoms with Crippen LogP contribution in [-0.2, 0) is 9.59 Å². The number of piperazine rings is 1. The van der Waals surface area contributed by atoms with Gasteiger partial charge in [0.15, 0.2) is 0 Å². The minimum Gasteiger partial charge on any atom is -0.368 e. The van der Waals surface area contributed by atoms with Gasteiger partial charge in [-0.1, -0.05) is 72.0 Å². The summed E-state index contributed by atoms with van der Waals surface area (Å²) < 4.78 is 0.439. The average Bonchev–Trinajstić information content (AvgIpc) is 3.03. The van der Waals surface area contributed by atoms with Gasteiger partial charge in [-0.05, 0) is 30.7 Å². The standard InChI is InChI=1S/C23H23N3O2S2/c1-17-7-9-18(10-8-17)15-20-22(28)26(23(29)30-20)16-21(27)25-13-11-24(12-14-25)19-5-3-2-4-6-19/h2-10,15H,11-14,16H2,1H3. The van der Waals surface area contributed by atoms with Crippen LogP contribution in [0.2, 0.25) is 0 Å². The molecule has 0 N–H and O–H groups in total. The SMILES string of the molecule is Cc1ccc(C=C2SC(=S)N(CC(=O)N3CCN(c4ccccc4)CC3)C2=O)cc1. The lowest BCUT2D eigenvalue weighted by Gasteiger charge is -2.36. The molecule has 2 aliphatic rings. The predicted molar refractivity (Wildman–Crippen MR) is 126 cm³/mol. The molecule has 2 saturated heterocycles. The largest absolute Gasteiger partial charge is 0.368 e. The highest BCUT2D eigenvalue weighted by molar-refractivity contribution is 8.26. The summed E-state index contributed by atoms with van der Waals surface area (Å²) in [5.74, 6) is -0.252. The van der Waals surface area contributed by atoms with Gasteiger partial charge in [0, 0.05) is 31.9 Å². The van der Waals surface area contributed by atoms with Crippen molar-refractivity contribution in [3.8, 4) is 0 Å². The van der Waals surface area contributed by atoms with Crippen molar-refractivity contribution in [1.29, 1.82) is 0 Å². The molecule has 5 nitrogen and oxygen atoms in total. The first-order chi connectivity index (χ1) is 14.5. The minimum absolute atomic E-state index is 0.00123. The first kappa shape index (κ1) is 20.6. The van der Waals surface area contributed by atoms with Crippen molar-refractivity contribution in [2.45, 2.75) is 6.92 Å². The lowest BCUT2D eigenvalue weighted by Crippen LogP contribution is -2.51. The quantitative estimate of drug-likeness (QED) is 0.541. The van der Waals surface area contributed by atoms with E-state index >= 15 is 0 Å². The van der Waals surface area contributed by atoms with Crippen LogP contribution in [0.25, 0.3) is 6.08 Å². The van der Waals surface area contributed by atoms with E-state index in [9.17, 15) is 9.59 Å². The molecule has 2 aliphatic heterocycles. The second-order valence-electron chi connectivity index (χ2n) is 7.38. The van der Waals surface area contributed by atoms with Crippen LogP contribution in [-0.4, -0.2) is 58.7 Å². The van der Waals surface area contributed by atoms with Crippen LogP contribution in [0.4, 0.5) is 5.69 Å². The van der Waals surface area contributed by atoms with E-state index in [2.05, 4.69) is 17.0 Å². The molecule has 0 spiro atoms. The number of aryl methyl sites for hydroxylation is 1. The van der Waals surface area contributed by atoms with E-state index < -0.39 is 0 Å². The number of para-hydroxylation sites is 1. The molecule has 0 saturated carbocycles. The number of hydrogen-bond acceptors (Lipinski definition) is 5. The third-order valence-electron chi connectivity index (χ3n) is 5.30. The number of benzene rings is 2. The van der Waals surface area contributed by atoms with Crippen LogP contribution < -0.4 is 4.90 Å². The van der Waals surface area contributed by atoms with Gasteiger partial charge in [0.2, 0.25) is 5.91 Å². The third-order valence-corrected chi connectivity index (χ3v) is 6.67. The Morgan fingerprint density at radius 1 is 1.03 bits per heavy atom. The molecule has 0 aromatic heterocycles. The van der Waals surface area contributed by atoms with Gasteiger partial charge in [-0.2, -0.15) is 0 Å². The summed E-state index contributed by atoms with van der Waals surface area (Å²) in [6.07, 6.45) is 1.84. The van der Waals surface area contributed by atoms with Crippen molar-refractivity contribution in [2.24, 2.45) is 0 Å². The summed E-state index contributed by atoms with van der Waals surface area (Å²) in [7, 11) is 0. The lowest BCUT2D eigenvalue weighted by atomic mass is 10.1. The van der Waals surface area contributed by atoms with Gasteiger partial charge in [0.25, 0.3) is 5.91 Å². The van der Waals surface area contributed by atoms with E-state index in [-0.39, 0.29) is 18.4 Å². The van der Waals surface area contributed by atoms with Crippen molar-refractivity contribution in [1.82, 2.24) is 9.80 Å². The van der Waals surface area contributed by atoms with Crippen LogP contribution in [0.1, 0.15) is 11.1 Å². The number of anilines is 1. The van der Waals surface area contributed by atoms with Crippen LogP contribution in [0.5, 0.6) is 0 Å². The summed E-state index contributed by atoms with van der Waals surface area (Å²) >= 11 is 6.64. The summed E-state index contributed by atoms with van der Waals surface area (Å²) in [5.41, 5.74) is 3.28. The molecule has 2 aromatic rings. The fourth-order valence-corrected chi connectivity index (χ4v) is 4.79. The van der Waals surface area contributed by atoms with Crippen LogP contribution in [0.3, 0.4) is 0 Å². The Morgan fingerprint density at radius 2 is 1.70 bits per heavy atom. The van der Waals surface area contributed by atoms with E-state index in [0.717, 1.165) is 24.2 Å². The summed E-state index contributed by atoms with van der Waals surface area (Å²) in [6, 6.07) is 18.2. The number of amides is 2. The maximum Gasteiger partial charge on any atom is 0.266 e. The summed E-state index contributed by atoms with van der Waals surface area (Å²) in [5, 5.41) is 0. The zero-order chi connectivity index (χ0) is 21.1. The molecule has 2 amide bonds. The van der Waals surface area contributed by atoms with Gasteiger partial charge >= 0.3 is 0 Å². The zero-order valence-corrected chi connectivity index (χ0v) is 18.4. The fraction of sp³-hybridized carbons (Fsp3) is 0.261. The molecule has 4 rings (SSSR count). The Balaban J connectivity index is 1.36. The lowest BCUT2D eigenvalue weighted by molar-refractivity contribution is -0.135. The van der Waals surface area contributed by atoms with Crippen LogP contribution in [0.15, 0.2) is 59.5 Å². The molecule has 0 unspecified atom stereocenters. The van der Waals surface area contributed by atoms with E-state index in [1.807, 2.05) is 60.4 Å². The second kappa shape index (κ2) is 9.02. The molecule has 154 valence electrons. The van der Waals surface area contributed by atoms with Gasteiger partial charge < -0.3 is 9.80 Å². The fourth-order valence-electron chi connectivity index (χ4n) is 3.54. The van der Waals surface area contributed by atoms with E-state index in [4.69, 9.17) is 12.2 Å². The number of thioether (sulfide) groups is 1. The topological polar surface area (TPSA) is 43.9 Å². The molecule has 2 aromatic carbocycles. The number of rotatable bonds is 4. The molecule has 0 atom stereocenters. The number of hydrogen-bond donors (Lipinski definition) is 0. The predicted octanol–water partition coefficient (Wildman–Crippen LogP) is 3.55. The molecular weight excluding hydrogens is 414 g/mol. The molecule has 0 aliphatic carbocycles. The van der Waals surface area contributed by atoms with Crippen molar-refractivity contribution < 1.29 is 9.59 Å². The van der Waals surface area contributed by atoms with Crippen molar-refractivity contribution in [3.63, 3.8) is 0 Å². The maximum atomic E-state index is 12.8. The van der Waals surface area contributed by atoms with E-state index in [1.54, 1.807) is 0 Å². The molecule has 30 heavy (non-hydrogen) atoms. The van der Waals surface area contributed by atoms with E-state index in [1.165, 1.54) is 22.3 Å². The zero-order valence-electron chi connectivity index (χ0n) is 16.8. The number of carbonyl (C=O) groups is 2. The third kappa shape index (κ3) is 4.57. The molecule has 2 heterocycles. The Labute approximate surface area is 186 Å². The first-order valence-corrected chi connectivity index (χ1v) is 11.1. The van der Waals surface area contributed by atoms with Crippen molar-refractivity contribution in [2.75, 3.05) is 37.6 Å². The summed E-state index contributed by atoms with van der Waals surface area (Å²) in [4.78, 5) is 31.7. The van der Waals surface area contributed by atoms with Crippen LogP contribution in [0, 0.1) is 6.92 Å². The molecule has 7 heteroatoms. The average molecular weight is 438 g/mol. The highest BCUT2D eigenvalue weighted by Crippen LogP contribution is 2.32. The number of thiocarbonyl (C=S) groups is 1. The van der Waals surface area contributed by atoms with Crippen molar-refractivity contribution >= 4 is 51.9 Å². The maximum absolute atomic E-state index is 12.8. The normalized spacial score (nSPS) is 18.4.